The normalized spacial score (nSPS) is 33.6. The van der Waals surface area contributed by atoms with E-state index in [1.807, 2.05) is 0 Å². The minimum Gasteiger partial charge on any atom is -0.394 e. The number of ether oxygens (including phenoxy) is 1. The quantitative estimate of drug-likeness (QED) is 0.591. The number of nitrogens with one attached hydrogen (secondary N) is 1. The van der Waals surface area contributed by atoms with Gasteiger partial charge in [-0.25, -0.2) is 9.97 Å². The molecule has 9 nitrogen and oxygen atoms in total. The molecule has 4 atom stereocenters. The van der Waals surface area contributed by atoms with Crippen molar-refractivity contribution >= 4 is 28.8 Å². The van der Waals surface area contributed by atoms with Crippen LogP contribution in [0.1, 0.15) is 14.5 Å². The fourth-order valence-corrected chi connectivity index (χ4v) is 3.10. The minimum atomic E-state index is -1.65. The number of rotatable bonds is 2. The van der Waals surface area contributed by atoms with Gasteiger partial charge in [0.1, 0.15) is 36.9 Å². The van der Waals surface area contributed by atoms with Gasteiger partial charge in [0.15, 0.2) is 6.23 Å². The van der Waals surface area contributed by atoms with Gasteiger partial charge in [0.2, 0.25) is 0 Å². The van der Waals surface area contributed by atoms with Gasteiger partial charge in [0.05, 0.1) is 24.2 Å². The first-order valence-electron chi connectivity index (χ1n) is 7.76. The summed E-state index contributed by atoms with van der Waals surface area (Å²) in [4.78, 5) is 12.5. The maximum atomic E-state index is 10.7. The van der Waals surface area contributed by atoms with Gasteiger partial charge in [-0.05, 0) is 6.92 Å². The lowest BCUT2D eigenvalue weighted by molar-refractivity contribution is -0.0947. The molecule has 4 heterocycles. The highest BCUT2D eigenvalue weighted by atomic mass is 16.6. The molecule has 1 unspecified atom stereocenters. The average molecular weight is 321 g/mol. The Kier molecular flexibility index (Phi) is 2.89. The summed E-state index contributed by atoms with van der Waals surface area (Å²) in [5.41, 5.74) is -0.709. The molecule has 1 fully saturated rings. The largest absolute Gasteiger partial charge is 0.394 e. The highest BCUT2D eigenvalue weighted by Crippen LogP contribution is 2.42. The van der Waals surface area contributed by atoms with Gasteiger partial charge >= 0.3 is 0 Å². The van der Waals surface area contributed by atoms with Crippen molar-refractivity contribution in [3.63, 3.8) is 0 Å². The summed E-state index contributed by atoms with van der Waals surface area (Å²) in [6.07, 6.45) is -0.0508. The van der Waals surface area contributed by atoms with E-state index in [2.05, 4.69) is 20.3 Å². The van der Waals surface area contributed by atoms with Gasteiger partial charge in [-0.1, -0.05) is 0 Å². The predicted octanol–water partition coefficient (Wildman–Crippen LogP) is -0.439. The highest BCUT2D eigenvalue weighted by molar-refractivity contribution is 6.00. The second-order valence-corrected chi connectivity index (χ2v) is 5.87. The molecule has 2 aromatic heterocycles. The monoisotopic (exact) mass is 321 g/mol. The molecule has 9 heteroatoms. The van der Waals surface area contributed by atoms with E-state index in [1.165, 1.54) is 11.5 Å². The van der Waals surface area contributed by atoms with Crippen molar-refractivity contribution < 1.29 is 21.4 Å². The summed E-state index contributed by atoms with van der Waals surface area (Å²) in [5, 5.41) is 33.9. The van der Waals surface area contributed by atoms with Crippen LogP contribution in [0, 0.1) is 0 Å². The van der Waals surface area contributed by atoms with Crippen molar-refractivity contribution in [2.24, 2.45) is 4.99 Å². The Hall–Kier alpha value is -2.07. The van der Waals surface area contributed by atoms with Crippen molar-refractivity contribution in [1.82, 2.24) is 14.5 Å². The molecule has 0 spiro atoms. The minimum absolute atomic E-state index is 0.185. The SMILES string of the molecule is [3H]c1nc2c3c(cn([C@@H]4O[C@H](CO)[C@@H](O)C4(C)O)c3n1)N=CCN2. The average Bonchev–Trinajstić information content (AvgIpc) is 2.89. The van der Waals surface area contributed by atoms with E-state index in [4.69, 9.17) is 6.11 Å². The number of hydrogen-bond acceptors (Lipinski definition) is 8. The molecular weight excluding hydrogens is 302 g/mol. The standard InChI is InChI=1S/C14H17N5O4/c1-14(22)10(21)8(5-20)23-13(14)19-4-7-9-11(16-3-2-15-7)17-6-18-12(9)19/h2,4,6,8,10,13,20-22H,3,5H2,1H3,(H,16,17,18)/t8-,10-,13-,14?/m1/s1/i6T. The number of hydrogen-bond donors (Lipinski definition) is 4. The van der Waals surface area contributed by atoms with Crippen LogP contribution in [0.3, 0.4) is 0 Å². The zero-order valence-corrected chi connectivity index (χ0v) is 12.3. The Morgan fingerprint density at radius 2 is 2.39 bits per heavy atom. The van der Waals surface area contributed by atoms with Gasteiger partial charge in [-0.2, -0.15) is 0 Å². The predicted molar refractivity (Wildman–Crippen MR) is 81.8 cm³/mol. The Morgan fingerprint density at radius 1 is 1.57 bits per heavy atom. The van der Waals surface area contributed by atoms with Gasteiger partial charge in [-0.3, -0.25) is 4.99 Å². The third-order valence-electron chi connectivity index (χ3n) is 4.32. The lowest BCUT2D eigenvalue weighted by Gasteiger charge is -2.27. The van der Waals surface area contributed by atoms with Crippen LogP contribution in [0.4, 0.5) is 11.5 Å². The lowest BCUT2D eigenvalue weighted by atomic mass is 9.96. The first kappa shape index (κ1) is 13.4. The zero-order valence-electron chi connectivity index (χ0n) is 13.3. The molecule has 0 bridgehead atoms. The van der Waals surface area contributed by atoms with Crippen molar-refractivity contribution in [2.75, 3.05) is 18.5 Å². The fourth-order valence-electron chi connectivity index (χ4n) is 3.10. The first-order valence-corrected chi connectivity index (χ1v) is 7.26. The van der Waals surface area contributed by atoms with E-state index >= 15 is 0 Å². The van der Waals surface area contributed by atoms with Crippen LogP contribution in [-0.4, -0.2) is 67.0 Å². The van der Waals surface area contributed by atoms with E-state index in [9.17, 15) is 15.3 Å². The Balaban J connectivity index is 1.93. The molecule has 1 saturated heterocycles. The van der Waals surface area contributed by atoms with E-state index in [0.29, 0.717) is 29.1 Å². The number of aliphatic hydroxyl groups excluding tert-OH is 2. The molecule has 4 N–H and O–H groups in total. The van der Waals surface area contributed by atoms with Crippen LogP contribution in [0.25, 0.3) is 11.0 Å². The molecular formula is C14H17N5O4. The van der Waals surface area contributed by atoms with Crippen LogP contribution >= 0.6 is 0 Å². The summed E-state index contributed by atoms with van der Waals surface area (Å²) in [6.45, 7) is 1.48. The topological polar surface area (TPSA) is 125 Å². The molecule has 23 heavy (non-hydrogen) atoms. The van der Waals surface area contributed by atoms with Gasteiger partial charge < -0.3 is 29.9 Å². The number of aliphatic hydroxyl groups is 3. The zero-order chi connectivity index (χ0) is 17.1. The molecule has 0 amide bonds. The Bertz CT molecular complexity index is 836. The summed E-state index contributed by atoms with van der Waals surface area (Å²) in [7, 11) is 0. The molecule has 2 aromatic rings. The Morgan fingerprint density at radius 3 is 3.13 bits per heavy atom. The number of aromatic nitrogens is 3. The third-order valence-corrected chi connectivity index (χ3v) is 4.32. The molecule has 0 aliphatic carbocycles. The van der Waals surface area contributed by atoms with Crippen LogP contribution in [0.2, 0.25) is 0 Å². The lowest BCUT2D eigenvalue weighted by Crippen LogP contribution is -2.44. The summed E-state index contributed by atoms with van der Waals surface area (Å²) in [5.74, 6) is 0.480. The smallest absolute Gasteiger partial charge is 0.167 e. The Labute approximate surface area is 132 Å². The summed E-state index contributed by atoms with van der Waals surface area (Å²) in [6, 6.07) is 0. The number of nitrogens with zero attached hydrogens (tertiary/aromatic N) is 4. The number of aliphatic imine (C=N–C) groups is 1. The second-order valence-electron chi connectivity index (χ2n) is 5.87. The molecule has 0 saturated carbocycles. The van der Waals surface area contributed by atoms with Crippen molar-refractivity contribution in [1.29, 1.82) is 0 Å². The molecule has 2 aliphatic rings. The number of anilines is 1. The van der Waals surface area contributed by atoms with Crippen molar-refractivity contribution in [2.45, 2.75) is 31.0 Å². The maximum Gasteiger partial charge on any atom is 0.167 e. The van der Waals surface area contributed by atoms with Crippen LogP contribution in [-0.2, 0) is 4.74 Å². The first-order chi connectivity index (χ1) is 11.4. The van der Waals surface area contributed by atoms with E-state index in [1.54, 1.807) is 12.4 Å². The van der Waals surface area contributed by atoms with Crippen LogP contribution < -0.4 is 5.32 Å². The van der Waals surface area contributed by atoms with Crippen molar-refractivity contribution in [3.8, 4) is 0 Å². The molecule has 122 valence electrons. The van der Waals surface area contributed by atoms with Crippen LogP contribution in [0.15, 0.2) is 17.5 Å². The highest BCUT2D eigenvalue weighted by Gasteiger charge is 2.53. The summed E-state index contributed by atoms with van der Waals surface area (Å²) >= 11 is 0. The van der Waals surface area contributed by atoms with E-state index < -0.39 is 30.6 Å². The molecule has 4 rings (SSSR count). The van der Waals surface area contributed by atoms with Gasteiger partial charge in [-0.15, -0.1) is 0 Å². The van der Waals surface area contributed by atoms with E-state index in [-0.39, 0.29) is 6.30 Å². The second kappa shape index (κ2) is 4.96. The third kappa shape index (κ3) is 1.98. The van der Waals surface area contributed by atoms with Crippen LogP contribution in [0.5, 0.6) is 0 Å². The maximum absolute atomic E-state index is 10.7. The van der Waals surface area contributed by atoms with Crippen molar-refractivity contribution in [3.05, 3.63) is 12.5 Å². The molecule has 2 aliphatic heterocycles. The van der Waals surface area contributed by atoms with Gasteiger partial charge in [0.25, 0.3) is 0 Å². The molecule has 0 aromatic carbocycles. The summed E-state index contributed by atoms with van der Waals surface area (Å²) < 4.78 is 15.0. The molecule has 0 radical (unpaired) electrons. The fraction of sp³-hybridized carbons (Fsp3) is 0.500. The van der Waals surface area contributed by atoms with Gasteiger partial charge in [0, 0.05) is 12.4 Å². The van der Waals surface area contributed by atoms with E-state index in [0.717, 1.165) is 0 Å².